The van der Waals surface area contributed by atoms with Crippen LogP contribution in [0.25, 0.3) is 0 Å². The zero-order valence-corrected chi connectivity index (χ0v) is 10.2. The first kappa shape index (κ1) is 11.0. The second-order valence-corrected chi connectivity index (χ2v) is 4.12. The van der Waals surface area contributed by atoms with Gasteiger partial charge < -0.3 is 0 Å². The van der Waals surface area contributed by atoms with Gasteiger partial charge >= 0.3 is 0 Å². The van der Waals surface area contributed by atoms with Crippen molar-refractivity contribution in [3.63, 3.8) is 0 Å². The number of halogens is 1. The van der Waals surface area contributed by atoms with E-state index in [1.54, 1.807) is 0 Å². The highest BCUT2D eigenvalue weighted by Gasteiger charge is 2.00. The van der Waals surface area contributed by atoms with Gasteiger partial charge in [-0.1, -0.05) is 59.8 Å². The lowest BCUT2D eigenvalue weighted by Gasteiger charge is -2.18. The van der Waals surface area contributed by atoms with E-state index in [1.165, 1.54) is 16.5 Å². The molecule has 0 N–H and O–H groups in total. The van der Waals surface area contributed by atoms with Crippen molar-refractivity contribution < 1.29 is 0 Å². The molecule has 0 spiro atoms. The molecule has 0 aliphatic rings. The number of nitrogens with zero attached hydrogens (tertiary/aromatic N) is 1. The quantitative estimate of drug-likeness (QED) is 0.595. The Morgan fingerprint density at radius 3 is 2.46 bits per heavy atom. The van der Waals surface area contributed by atoms with Gasteiger partial charge in [0.1, 0.15) is 0 Å². The Labute approximate surface area is 94.3 Å². The van der Waals surface area contributed by atoms with Crippen LogP contribution >= 0.6 is 22.6 Å². The number of alkyl halides is 1. The van der Waals surface area contributed by atoms with Crippen LogP contribution < -0.4 is 0 Å². The molecule has 0 saturated heterocycles. The van der Waals surface area contributed by atoms with Crippen LogP contribution in [0.5, 0.6) is 0 Å². The summed E-state index contributed by atoms with van der Waals surface area (Å²) in [5.41, 5.74) is 1.41. The molecule has 0 aromatic heterocycles. The van der Waals surface area contributed by atoms with E-state index in [0.29, 0.717) is 0 Å². The van der Waals surface area contributed by atoms with E-state index in [2.05, 4.69) is 64.7 Å². The molecule has 2 heteroatoms. The molecule has 0 radical (unpaired) electrons. The Morgan fingerprint density at radius 2 is 1.92 bits per heavy atom. The molecule has 0 atom stereocenters. The molecule has 0 fully saturated rings. The largest absolute Gasteiger partial charge is 0.299 e. The molecule has 0 unspecified atom stereocenters. The van der Waals surface area contributed by atoms with E-state index in [9.17, 15) is 0 Å². The van der Waals surface area contributed by atoms with E-state index < -0.39 is 0 Å². The van der Waals surface area contributed by atoms with E-state index >= 15 is 0 Å². The molecule has 0 aliphatic heterocycles. The van der Waals surface area contributed by atoms with Gasteiger partial charge in [-0.15, -0.1) is 0 Å². The molecule has 1 rings (SSSR count). The van der Waals surface area contributed by atoms with Crippen molar-refractivity contribution in [3.8, 4) is 0 Å². The first-order valence-corrected chi connectivity index (χ1v) is 6.21. The van der Waals surface area contributed by atoms with Gasteiger partial charge in [-0.2, -0.15) is 0 Å². The second-order valence-electron chi connectivity index (χ2n) is 3.04. The maximum absolute atomic E-state index is 2.46. The summed E-state index contributed by atoms with van der Waals surface area (Å²) in [7, 11) is 0. The minimum atomic E-state index is 1.08. The van der Waals surface area contributed by atoms with E-state index in [0.717, 1.165) is 13.1 Å². The lowest BCUT2D eigenvalue weighted by molar-refractivity contribution is 0.300. The molecule has 1 aromatic carbocycles. The van der Waals surface area contributed by atoms with Crippen LogP contribution in [-0.4, -0.2) is 22.4 Å². The van der Waals surface area contributed by atoms with Crippen molar-refractivity contribution in [2.24, 2.45) is 0 Å². The SMILES string of the molecule is CCN(CCI)Cc1ccccc1. The Kier molecular flexibility index (Phi) is 5.39. The average Bonchev–Trinajstić information content (AvgIpc) is 2.19. The standard InChI is InChI=1S/C11H16IN/c1-2-13(9-8-12)10-11-6-4-3-5-7-11/h3-7H,2,8-10H2,1H3. The highest BCUT2D eigenvalue weighted by molar-refractivity contribution is 14.1. The average molecular weight is 289 g/mol. The van der Waals surface area contributed by atoms with Gasteiger partial charge in [-0.25, -0.2) is 0 Å². The Balaban J connectivity index is 2.46. The van der Waals surface area contributed by atoms with Crippen LogP contribution in [0.4, 0.5) is 0 Å². The minimum Gasteiger partial charge on any atom is -0.299 e. The molecular weight excluding hydrogens is 273 g/mol. The Morgan fingerprint density at radius 1 is 1.23 bits per heavy atom. The maximum atomic E-state index is 2.46. The lowest BCUT2D eigenvalue weighted by atomic mass is 10.2. The van der Waals surface area contributed by atoms with Crippen LogP contribution in [0.3, 0.4) is 0 Å². The monoisotopic (exact) mass is 289 g/mol. The van der Waals surface area contributed by atoms with Crippen molar-refractivity contribution in [1.82, 2.24) is 4.90 Å². The third-order valence-corrected chi connectivity index (χ3v) is 2.58. The van der Waals surface area contributed by atoms with Crippen LogP contribution in [0.2, 0.25) is 0 Å². The van der Waals surface area contributed by atoms with E-state index in [4.69, 9.17) is 0 Å². The number of hydrogen-bond donors (Lipinski definition) is 0. The molecule has 0 saturated carbocycles. The highest BCUT2D eigenvalue weighted by Crippen LogP contribution is 2.04. The van der Waals surface area contributed by atoms with Crippen LogP contribution in [0.1, 0.15) is 12.5 Å². The second kappa shape index (κ2) is 6.38. The molecule has 0 aliphatic carbocycles. The third-order valence-electron chi connectivity index (χ3n) is 2.10. The molecule has 72 valence electrons. The van der Waals surface area contributed by atoms with Crippen molar-refractivity contribution in [3.05, 3.63) is 35.9 Å². The normalized spacial score (nSPS) is 10.7. The van der Waals surface area contributed by atoms with Crippen molar-refractivity contribution in [1.29, 1.82) is 0 Å². The van der Waals surface area contributed by atoms with Gasteiger partial charge in [-0.05, 0) is 12.1 Å². The predicted molar refractivity (Wildman–Crippen MR) is 66.3 cm³/mol. The topological polar surface area (TPSA) is 3.24 Å². The summed E-state index contributed by atoms with van der Waals surface area (Å²) in [6.45, 7) is 5.62. The lowest BCUT2D eigenvalue weighted by Crippen LogP contribution is -2.24. The fourth-order valence-corrected chi connectivity index (χ4v) is 1.99. The molecule has 13 heavy (non-hydrogen) atoms. The van der Waals surface area contributed by atoms with Crippen LogP contribution in [0.15, 0.2) is 30.3 Å². The molecule has 0 bridgehead atoms. The van der Waals surface area contributed by atoms with E-state index in [1.807, 2.05) is 0 Å². The van der Waals surface area contributed by atoms with Crippen molar-refractivity contribution >= 4 is 22.6 Å². The zero-order chi connectivity index (χ0) is 9.52. The van der Waals surface area contributed by atoms with Crippen molar-refractivity contribution in [2.75, 3.05) is 17.5 Å². The summed E-state index contributed by atoms with van der Waals surface area (Å²) in [5, 5.41) is 0. The van der Waals surface area contributed by atoms with Gasteiger partial charge in [0.15, 0.2) is 0 Å². The summed E-state index contributed by atoms with van der Waals surface area (Å²) >= 11 is 2.43. The summed E-state index contributed by atoms with van der Waals surface area (Å²) in [4.78, 5) is 2.46. The smallest absolute Gasteiger partial charge is 0.0233 e. The van der Waals surface area contributed by atoms with Crippen molar-refractivity contribution in [2.45, 2.75) is 13.5 Å². The van der Waals surface area contributed by atoms with Gasteiger partial charge in [0, 0.05) is 17.5 Å². The Hall–Kier alpha value is -0.0900. The maximum Gasteiger partial charge on any atom is 0.0233 e. The van der Waals surface area contributed by atoms with E-state index in [-0.39, 0.29) is 0 Å². The number of hydrogen-bond acceptors (Lipinski definition) is 1. The molecule has 0 amide bonds. The predicted octanol–water partition coefficient (Wildman–Crippen LogP) is 2.94. The molecular formula is C11H16IN. The summed E-state index contributed by atoms with van der Waals surface area (Å²) in [6.07, 6.45) is 0. The highest BCUT2D eigenvalue weighted by atomic mass is 127. The first-order chi connectivity index (χ1) is 6.36. The van der Waals surface area contributed by atoms with Gasteiger partial charge in [0.05, 0.1) is 0 Å². The number of rotatable bonds is 5. The summed E-state index contributed by atoms with van der Waals surface area (Å²) < 4.78 is 1.21. The fraction of sp³-hybridized carbons (Fsp3) is 0.455. The van der Waals surface area contributed by atoms with Crippen LogP contribution in [0, 0.1) is 0 Å². The Bertz CT molecular complexity index is 223. The van der Waals surface area contributed by atoms with Gasteiger partial charge in [-0.3, -0.25) is 4.90 Å². The first-order valence-electron chi connectivity index (χ1n) is 4.69. The molecule has 1 aromatic rings. The molecule has 1 nitrogen and oxygen atoms in total. The summed E-state index contributed by atoms with van der Waals surface area (Å²) in [5.74, 6) is 0. The number of benzene rings is 1. The zero-order valence-electron chi connectivity index (χ0n) is 8.04. The third kappa shape index (κ3) is 4.09. The molecule has 0 heterocycles. The fourth-order valence-electron chi connectivity index (χ4n) is 1.31. The minimum absolute atomic E-state index is 1.08. The van der Waals surface area contributed by atoms with Crippen LogP contribution in [-0.2, 0) is 6.54 Å². The summed E-state index contributed by atoms with van der Waals surface area (Å²) in [6, 6.07) is 10.7. The van der Waals surface area contributed by atoms with Gasteiger partial charge in [0.25, 0.3) is 0 Å². The van der Waals surface area contributed by atoms with Gasteiger partial charge in [0.2, 0.25) is 0 Å².